The first-order valence-corrected chi connectivity index (χ1v) is 11.5. The van der Waals surface area contributed by atoms with E-state index in [0.717, 1.165) is 18.2 Å². The highest BCUT2D eigenvalue weighted by molar-refractivity contribution is 7.90. The van der Waals surface area contributed by atoms with E-state index in [1.807, 2.05) is 0 Å². The lowest BCUT2D eigenvalue weighted by molar-refractivity contribution is -0.146. The van der Waals surface area contributed by atoms with Gasteiger partial charge in [0.25, 0.3) is 10.0 Å². The van der Waals surface area contributed by atoms with Gasteiger partial charge < -0.3 is 4.74 Å². The molecule has 10 heteroatoms. The van der Waals surface area contributed by atoms with Crippen LogP contribution < -0.4 is 4.72 Å². The first kappa shape index (κ1) is 23.5. The average Bonchev–Trinajstić information content (AvgIpc) is 3.02. The molecule has 1 unspecified atom stereocenters. The van der Waals surface area contributed by atoms with E-state index >= 15 is 0 Å². The van der Waals surface area contributed by atoms with E-state index in [4.69, 9.17) is 4.74 Å². The number of unbranched alkanes of at least 4 members (excludes halogenated alkanes) is 2. The van der Waals surface area contributed by atoms with Gasteiger partial charge in [-0.15, -0.1) is 0 Å². The summed E-state index contributed by atoms with van der Waals surface area (Å²) >= 11 is 0. The fraction of sp³-hybridized carbons (Fsp3) is 0.318. The molecule has 1 N–H and O–H groups in total. The number of ether oxygens (including phenoxy) is 1. The molecule has 0 aromatic heterocycles. The van der Waals surface area contributed by atoms with Gasteiger partial charge in [-0.1, -0.05) is 18.6 Å². The van der Waals surface area contributed by atoms with Crippen molar-refractivity contribution in [3.63, 3.8) is 0 Å². The normalized spacial score (nSPS) is 16.3. The number of amidine groups is 1. The van der Waals surface area contributed by atoms with Gasteiger partial charge >= 0.3 is 5.97 Å². The summed E-state index contributed by atoms with van der Waals surface area (Å²) in [4.78, 5) is 28.6. The molecular formula is C22H22F2N2O5S. The molecule has 170 valence electrons. The summed E-state index contributed by atoms with van der Waals surface area (Å²) in [5, 5.41) is 0. The molecule has 1 heterocycles. The number of rotatable bonds is 9. The molecule has 0 saturated heterocycles. The van der Waals surface area contributed by atoms with Crippen molar-refractivity contribution in [3.8, 4) is 0 Å². The molecular weight excluding hydrogens is 442 g/mol. The zero-order valence-electron chi connectivity index (χ0n) is 17.3. The number of hydrogen-bond donors (Lipinski definition) is 1. The largest absolute Gasteiger partial charge is 0.454 e. The van der Waals surface area contributed by atoms with Crippen LogP contribution in [0.25, 0.3) is 0 Å². The number of benzene rings is 2. The van der Waals surface area contributed by atoms with Crippen LogP contribution >= 0.6 is 0 Å². The molecule has 0 saturated carbocycles. The molecule has 7 nitrogen and oxygen atoms in total. The van der Waals surface area contributed by atoms with Gasteiger partial charge in [-0.25, -0.2) is 17.2 Å². The van der Waals surface area contributed by atoms with E-state index in [9.17, 15) is 26.8 Å². The Morgan fingerprint density at radius 3 is 2.56 bits per heavy atom. The van der Waals surface area contributed by atoms with Gasteiger partial charge in [-0.2, -0.15) is 0 Å². The number of hydrogen-bond acceptors (Lipinski definition) is 6. The Morgan fingerprint density at radius 2 is 1.81 bits per heavy atom. The summed E-state index contributed by atoms with van der Waals surface area (Å²) < 4.78 is 57.8. The van der Waals surface area contributed by atoms with Crippen molar-refractivity contribution in [2.24, 2.45) is 4.99 Å². The standard InChI is InChI=1S/C22H22F2N2O5S/c1-14(21(28)15-10-11-17(23)18(24)13-15)31-20(27)9-3-2-6-12-25-22-16-7-4-5-8-19(16)32(29,30)26-22/h4-5,7-8,10-11,13-14H,2-3,6,9,12H2,1H3,(H,25,26). The summed E-state index contributed by atoms with van der Waals surface area (Å²) in [7, 11) is -3.57. The van der Waals surface area contributed by atoms with E-state index in [2.05, 4.69) is 9.71 Å². The minimum absolute atomic E-state index is 0.0765. The maximum Gasteiger partial charge on any atom is 0.306 e. The van der Waals surface area contributed by atoms with Crippen LogP contribution in [0, 0.1) is 11.6 Å². The summed E-state index contributed by atoms with van der Waals surface area (Å²) in [6.45, 7) is 1.75. The van der Waals surface area contributed by atoms with Gasteiger partial charge in [0.2, 0.25) is 5.78 Å². The summed E-state index contributed by atoms with van der Waals surface area (Å²) in [6.07, 6.45) is 0.740. The van der Waals surface area contributed by atoms with E-state index < -0.39 is 39.5 Å². The number of carbonyl (C=O) groups excluding carboxylic acids is 2. The van der Waals surface area contributed by atoms with Crippen molar-refractivity contribution in [1.29, 1.82) is 0 Å². The molecule has 0 radical (unpaired) electrons. The Balaban J connectivity index is 1.40. The fourth-order valence-electron chi connectivity index (χ4n) is 3.19. The number of aliphatic imine (C=N–C) groups is 1. The lowest BCUT2D eigenvalue weighted by Gasteiger charge is -2.12. The third-order valence-corrected chi connectivity index (χ3v) is 6.25. The van der Waals surface area contributed by atoms with E-state index in [-0.39, 0.29) is 16.9 Å². The van der Waals surface area contributed by atoms with Crippen LogP contribution in [0.2, 0.25) is 0 Å². The first-order chi connectivity index (χ1) is 15.2. The molecule has 0 fully saturated rings. The quantitative estimate of drug-likeness (QED) is 0.348. The van der Waals surface area contributed by atoms with E-state index in [1.165, 1.54) is 13.0 Å². The molecule has 3 rings (SSSR count). The molecule has 0 aliphatic carbocycles. The van der Waals surface area contributed by atoms with Crippen LogP contribution in [-0.4, -0.2) is 38.7 Å². The zero-order chi connectivity index (χ0) is 23.3. The number of halogens is 2. The number of carbonyl (C=O) groups is 2. The second kappa shape index (κ2) is 9.99. The Labute approximate surface area is 184 Å². The minimum Gasteiger partial charge on any atom is -0.454 e. The third-order valence-electron chi connectivity index (χ3n) is 4.85. The smallest absolute Gasteiger partial charge is 0.306 e. The van der Waals surface area contributed by atoms with Gasteiger partial charge in [0.05, 0.1) is 4.90 Å². The van der Waals surface area contributed by atoms with Crippen LogP contribution in [0.4, 0.5) is 8.78 Å². The average molecular weight is 464 g/mol. The Hall–Kier alpha value is -3.14. The summed E-state index contributed by atoms with van der Waals surface area (Å²) in [5.41, 5.74) is 0.461. The summed E-state index contributed by atoms with van der Waals surface area (Å²) in [5.74, 6) is -3.09. The van der Waals surface area contributed by atoms with Crippen LogP contribution in [0.1, 0.15) is 48.5 Å². The Kier molecular flexibility index (Phi) is 7.34. The van der Waals surface area contributed by atoms with Crippen molar-refractivity contribution in [3.05, 3.63) is 65.2 Å². The minimum atomic E-state index is -3.57. The molecule has 2 aromatic carbocycles. The predicted molar refractivity (Wildman–Crippen MR) is 113 cm³/mol. The molecule has 0 amide bonds. The number of esters is 1. The molecule has 1 aliphatic rings. The highest BCUT2D eigenvalue weighted by atomic mass is 32.2. The second-order valence-corrected chi connectivity index (χ2v) is 8.92. The highest BCUT2D eigenvalue weighted by Gasteiger charge is 2.29. The number of nitrogens with zero attached hydrogens (tertiary/aromatic N) is 1. The van der Waals surface area contributed by atoms with Crippen LogP contribution in [0.3, 0.4) is 0 Å². The second-order valence-electron chi connectivity index (χ2n) is 7.27. The van der Waals surface area contributed by atoms with Crippen LogP contribution in [0.5, 0.6) is 0 Å². The Bertz CT molecular complexity index is 1160. The maximum atomic E-state index is 13.3. The van der Waals surface area contributed by atoms with E-state index in [0.29, 0.717) is 37.2 Å². The van der Waals surface area contributed by atoms with Gasteiger partial charge in [0, 0.05) is 24.1 Å². The molecule has 1 aliphatic heterocycles. The van der Waals surface area contributed by atoms with Gasteiger partial charge in [-0.3, -0.25) is 19.3 Å². The molecule has 2 aromatic rings. The zero-order valence-corrected chi connectivity index (χ0v) is 18.1. The lowest BCUT2D eigenvalue weighted by Crippen LogP contribution is -2.24. The maximum absolute atomic E-state index is 13.3. The topological polar surface area (TPSA) is 102 Å². The van der Waals surface area contributed by atoms with Crippen molar-refractivity contribution in [2.45, 2.75) is 43.6 Å². The Morgan fingerprint density at radius 1 is 1.06 bits per heavy atom. The van der Waals surface area contributed by atoms with Crippen LogP contribution in [0.15, 0.2) is 52.4 Å². The molecule has 0 bridgehead atoms. The van der Waals surface area contributed by atoms with Crippen molar-refractivity contribution in [2.75, 3.05) is 6.54 Å². The monoisotopic (exact) mass is 464 g/mol. The third kappa shape index (κ3) is 5.56. The highest BCUT2D eigenvalue weighted by Crippen LogP contribution is 2.22. The molecule has 0 spiro atoms. The first-order valence-electron chi connectivity index (χ1n) is 10.0. The number of nitrogens with one attached hydrogen (secondary N) is 1. The van der Waals surface area contributed by atoms with Gasteiger partial charge in [0.1, 0.15) is 5.84 Å². The summed E-state index contributed by atoms with van der Waals surface area (Å²) in [6, 6.07) is 9.33. The number of sulfonamides is 1. The van der Waals surface area contributed by atoms with Gasteiger partial charge in [-0.05, 0) is 50.1 Å². The molecule has 1 atom stereocenters. The molecule has 32 heavy (non-hydrogen) atoms. The number of Topliss-reactive ketones (excluding diaryl/α,β-unsaturated/α-hetero) is 1. The van der Waals surface area contributed by atoms with Crippen molar-refractivity contribution in [1.82, 2.24) is 4.72 Å². The lowest BCUT2D eigenvalue weighted by atomic mass is 10.1. The fourth-order valence-corrected chi connectivity index (χ4v) is 4.44. The predicted octanol–water partition coefficient (Wildman–Crippen LogP) is 3.38. The van der Waals surface area contributed by atoms with E-state index in [1.54, 1.807) is 18.2 Å². The number of ketones is 1. The number of fused-ring (bicyclic) bond motifs is 1. The van der Waals surface area contributed by atoms with Crippen molar-refractivity contribution >= 4 is 27.6 Å². The van der Waals surface area contributed by atoms with Gasteiger partial charge in [0.15, 0.2) is 17.7 Å². The SMILES string of the molecule is CC(OC(=O)CCCCCN=C1NS(=O)(=O)c2ccccc21)C(=O)c1ccc(F)c(F)c1. The van der Waals surface area contributed by atoms with Crippen LogP contribution in [-0.2, 0) is 19.6 Å². The van der Waals surface area contributed by atoms with Crippen molar-refractivity contribution < 1.29 is 31.5 Å².